The van der Waals surface area contributed by atoms with Crippen LogP contribution < -0.4 is 19.6 Å². The normalized spacial score (nSPS) is 14.8. The van der Waals surface area contributed by atoms with Crippen molar-refractivity contribution in [3.63, 3.8) is 0 Å². The largest absolute Gasteiger partial charge is 0.488 e. The molecule has 0 aliphatic carbocycles. The van der Waals surface area contributed by atoms with E-state index in [1.165, 1.54) is 22.7 Å². The lowest BCUT2D eigenvalue weighted by Gasteiger charge is -2.24. The lowest BCUT2D eigenvalue weighted by atomic mass is 9.99. The van der Waals surface area contributed by atoms with Crippen LogP contribution in [0.3, 0.4) is 0 Å². The Balaban J connectivity index is 1.60. The summed E-state index contributed by atoms with van der Waals surface area (Å²) in [6.45, 7) is 4.29. The molecule has 0 bridgehead atoms. The third-order valence-corrected chi connectivity index (χ3v) is 8.58. The number of hydrogen-bond acceptors (Lipinski definition) is 8. The number of benzene rings is 2. The van der Waals surface area contributed by atoms with Gasteiger partial charge in [-0.1, -0.05) is 54.5 Å². The van der Waals surface area contributed by atoms with E-state index in [9.17, 15) is 9.59 Å². The van der Waals surface area contributed by atoms with Crippen LogP contribution in [0.2, 0.25) is 5.02 Å². The first kappa shape index (κ1) is 28.6. The zero-order valence-electron chi connectivity index (χ0n) is 22.4. The summed E-state index contributed by atoms with van der Waals surface area (Å²) in [5, 5.41) is 11.5. The molecular weight excluding hydrogens is 578 g/mol. The molecule has 2 aromatic carbocycles. The highest BCUT2D eigenvalue weighted by molar-refractivity contribution is 7.10. The molecule has 0 amide bonds. The van der Waals surface area contributed by atoms with Gasteiger partial charge in [-0.3, -0.25) is 9.36 Å². The molecule has 0 spiro atoms. The van der Waals surface area contributed by atoms with Gasteiger partial charge in [0.25, 0.3) is 5.56 Å². The fraction of sp³-hybridized carbons (Fsp3) is 0.226. The lowest BCUT2D eigenvalue weighted by Crippen LogP contribution is -2.39. The number of esters is 1. The molecule has 0 radical (unpaired) electrons. The van der Waals surface area contributed by atoms with E-state index >= 15 is 0 Å². The topological polar surface area (TPSA) is 93.7 Å². The summed E-state index contributed by atoms with van der Waals surface area (Å²) < 4.78 is 13.6. The summed E-state index contributed by atoms with van der Waals surface area (Å²) in [4.78, 5) is 33.4. The predicted octanol–water partition coefficient (Wildman–Crippen LogP) is 5.74. The van der Waals surface area contributed by atoms with Gasteiger partial charge in [0.15, 0.2) is 4.80 Å². The Hall–Kier alpha value is -3.97. The van der Waals surface area contributed by atoms with E-state index in [0.29, 0.717) is 48.9 Å². The van der Waals surface area contributed by atoms with Crippen LogP contribution in [-0.2, 0) is 16.1 Å². The fourth-order valence-electron chi connectivity index (χ4n) is 4.58. The molecule has 1 aliphatic rings. The number of hydrogen-bond donors (Lipinski definition) is 0. The van der Waals surface area contributed by atoms with Crippen LogP contribution in [-0.4, -0.2) is 17.1 Å². The first-order valence-corrected chi connectivity index (χ1v) is 15.2. The number of nitriles is 1. The van der Waals surface area contributed by atoms with E-state index in [4.69, 9.17) is 31.3 Å². The fourth-order valence-corrected chi connectivity index (χ4v) is 6.59. The molecule has 208 valence electrons. The number of ether oxygens (including phenoxy) is 2. The minimum absolute atomic E-state index is 0.226. The zero-order valence-corrected chi connectivity index (χ0v) is 24.8. The van der Waals surface area contributed by atoms with Crippen LogP contribution in [0.4, 0.5) is 0 Å². The SMILES string of the molecule is CCCC1=C(C(=O)OCC)[C@H](c2cccs2)n2c(s/c(=C\c3cc(Cl)ccc3OCc3ccc(C#N)cc3)c2=O)=N1. The first-order chi connectivity index (χ1) is 19.9. The van der Waals surface area contributed by atoms with Crippen LogP contribution >= 0.6 is 34.3 Å². The van der Waals surface area contributed by atoms with Crippen molar-refractivity contribution < 1.29 is 14.3 Å². The van der Waals surface area contributed by atoms with Gasteiger partial charge in [-0.2, -0.15) is 5.26 Å². The summed E-state index contributed by atoms with van der Waals surface area (Å²) in [6, 6.07) is 17.7. The second-order valence-electron chi connectivity index (χ2n) is 9.21. The maximum atomic E-state index is 14.0. The van der Waals surface area contributed by atoms with Crippen LogP contribution in [0.15, 0.2) is 81.0 Å². The predicted molar refractivity (Wildman–Crippen MR) is 161 cm³/mol. The number of rotatable bonds is 9. The van der Waals surface area contributed by atoms with Crippen LogP contribution in [0.5, 0.6) is 5.75 Å². The molecule has 2 aromatic heterocycles. The summed E-state index contributed by atoms with van der Waals surface area (Å²) in [7, 11) is 0. The molecule has 41 heavy (non-hydrogen) atoms. The van der Waals surface area contributed by atoms with E-state index in [1.807, 2.05) is 36.6 Å². The number of thiazole rings is 1. The Morgan fingerprint density at radius 1 is 1.20 bits per heavy atom. The summed E-state index contributed by atoms with van der Waals surface area (Å²) in [6.07, 6.45) is 3.13. The maximum Gasteiger partial charge on any atom is 0.338 e. The monoisotopic (exact) mass is 603 g/mol. The highest BCUT2D eigenvalue weighted by Gasteiger charge is 2.34. The minimum Gasteiger partial charge on any atom is -0.488 e. The number of carbonyl (C=O) groups is 1. The maximum absolute atomic E-state index is 14.0. The first-order valence-electron chi connectivity index (χ1n) is 13.1. The number of nitrogens with zero attached hydrogens (tertiary/aromatic N) is 3. The van der Waals surface area contributed by atoms with Gasteiger partial charge in [0.1, 0.15) is 18.4 Å². The number of carbonyl (C=O) groups excluding carboxylic acids is 1. The van der Waals surface area contributed by atoms with Gasteiger partial charge in [-0.15, -0.1) is 11.3 Å². The van der Waals surface area contributed by atoms with Gasteiger partial charge in [0.2, 0.25) is 0 Å². The van der Waals surface area contributed by atoms with Crippen molar-refractivity contribution in [3.05, 3.63) is 118 Å². The van der Waals surface area contributed by atoms with Crippen LogP contribution in [0, 0.1) is 11.3 Å². The van der Waals surface area contributed by atoms with Crippen molar-refractivity contribution in [2.45, 2.75) is 39.3 Å². The van der Waals surface area contributed by atoms with E-state index in [0.717, 1.165) is 16.9 Å². The van der Waals surface area contributed by atoms with Crippen molar-refractivity contribution in [2.75, 3.05) is 6.61 Å². The molecule has 5 rings (SSSR count). The molecule has 0 saturated carbocycles. The Morgan fingerprint density at radius 2 is 2.00 bits per heavy atom. The van der Waals surface area contributed by atoms with Crippen LogP contribution in [0.25, 0.3) is 6.08 Å². The van der Waals surface area contributed by atoms with Gasteiger partial charge in [0, 0.05) is 15.5 Å². The molecule has 0 saturated heterocycles. The third kappa shape index (κ3) is 6.05. The molecule has 10 heteroatoms. The highest BCUT2D eigenvalue weighted by Crippen LogP contribution is 2.34. The number of thiophene rings is 1. The van der Waals surface area contributed by atoms with Gasteiger partial charge in [-0.25, -0.2) is 9.79 Å². The highest BCUT2D eigenvalue weighted by atomic mass is 35.5. The minimum atomic E-state index is -0.625. The molecule has 0 N–H and O–H groups in total. The number of allylic oxidation sites excluding steroid dienone is 1. The molecule has 1 aliphatic heterocycles. The number of fused-ring (bicyclic) bond motifs is 1. The van der Waals surface area contributed by atoms with Gasteiger partial charge in [0.05, 0.1) is 34.0 Å². The molecule has 3 heterocycles. The average Bonchev–Trinajstić information content (AvgIpc) is 3.61. The Labute approximate surface area is 249 Å². The van der Waals surface area contributed by atoms with Gasteiger partial charge < -0.3 is 9.47 Å². The molecule has 7 nitrogen and oxygen atoms in total. The molecular formula is C31H26ClN3O4S2. The summed E-state index contributed by atoms with van der Waals surface area (Å²) >= 11 is 9.09. The quantitative estimate of drug-likeness (QED) is 0.227. The molecule has 0 unspecified atom stereocenters. The van der Waals surface area contributed by atoms with Crippen LogP contribution in [0.1, 0.15) is 54.3 Å². The average molecular weight is 604 g/mol. The second-order valence-corrected chi connectivity index (χ2v) is 11.6. The van der Waals surface area contributed by atoms with E-state index in [1.54, 1.807) is 47.9 Å². The van der Waals surface area contributed by atoms with Gasteiger partial charge in [-0.05, 0) is 66.8 Å². The zero-order chi connectivity index (χ0) is 28.9. The van der Waals surface area contributed by atoms with Crippen molar-refractivity contribution in [1.29, 1.82) is 5.26 Å². The summed E-state index contributed by atoms with van der Waals surface area (Å²) in [5.74, 6) is 0.0963. The van der Waals surface area contributed by atoms with Gasteiger partial charge >= 0.3 is 5.97 Å². The van der Waals surface area contributed by atoms with E-state index in [-0.39, 0.29) is 18.8 Å². The van der Waals surface area contributed by atoms with Crippen molar-refractivity contribution in [1.82, 2.24) is 4.57 Å². The smallest absolute Gasteiger partial charge is 0.338 e. The lowest BCUT2D eigenvalue weighted by molar-refractivity contribution is -0.139. The Kier molecular flexibility index (Phi) is 8.84. The summed E-state index contributed by atoms with van der Waals surface area (Å²) in [5.41, 5.74) is 2.90. The standard InChI is InChI=1S/C31H26ClN3O4S2/c1-3-6-23-27(30(37)38-4-2)28(25-7-5-14-40-25)35-29(36)26(41-31(35)34-23)16-21-15-22(32)12-13-24(21)39-18-20-10-8-19(17-33)9-11-20/h5,7-16,28H,3-4,6,18H2,1-2H3/b26-16-/t28-/m0/s1. The number of halogens is 1. The van der Waals surface area contributed by atoms with Crippen molar-refractivity contribution >= 4 is 46.3 Å². The van der Waals surface area contributed by atoms with E-state index < -0.39 is 12.0 Å². The van der Waals surface area contributed by atoms with Crippen molar-refractivity contribution in [2.24, 2.45) is 4.99 Å². The van der Waals surface area contributed by atoms with E-state index in [2.05, 4.69) is 6.07 Å². The molecule has 0 fully saturated rings. The molecule has 4 aromatic rings. The van der Waals surface area contributed by atoms with Crippen molar-refractivity contribution in [3.8, 4) is 11.8 Å². The Morgan fingerprint density at radius 3 is 2.68 bits per heavy atom. The third-order valence-electron chi connectivity index (χ3n) is 6.44. The second kappa shape index (κ2) is 12.7. The molecule has 1 atom stereocenters. The Bertz CT molecular complexity index is 1830. The number of aromatic nitrogens is 1.